The first-order valence-corrected chi connectivity index (χ1v) is 6.56. The Bertz CT molecular complexity index is 327. The van der Waals surface area contributed by atoms with E-state index in [9.17, 15) is 0 Å². The molecule has 0 bridgehead atoms. The van der Waals surface area contributed by atoms with Gasteiger partial charge < -0.3 is 10.2 Å². The molecule has 0 saturated carbocycles. The number of nitrogens with zero attached hydrogens (tertiary/aromatic N) is 3. The van der Waals surface area contributed by atoms with Gasteiger partial charge in [-0.05, 0) is 32.8 Å². The maximum atomic E-state index is 4.55. The van der Waals surface area contributed by atoms with Crippen LogP contribution in [0, 0.1) is 0 Å². The van der Waals surface area contributed by atoms with Gasteiger partial charge in [0.25, 0.3) is 0 Å². The van der Waals surface area contributed by atoms with E-state index in [1.165, 1.54) is 0 Å². The average Bonchev–Trinajstić information content (AvgIpc) is 2.37. The summed E-state index contributed by atoms with van der Waals surface area (Å²) in [6, 6.07) is 2.49. The predicted molar refractivity (Wildman–Crippen MR) is 73.6 cm³/mol. The van der Waals surface area contributed by atoms with Gasteiger partial charge in [-0.15, -0.1) is 0 Å². The van der Waals surface area contributed by atoms with Gasteiger partial charge in [-0.2, -0.15) is 4.98 Å². The minimum Gasteiger partial charge on any atom is -0.354 e. The fourth-order valence-corrected chi connectivity index (χ4v) is 1.75. The van der Waals surface area contributed by atoms with E-state index in [0.29, 0.717) is 6.04 Å². The van der Waals surface area contributed by atoms with Gasteiger partial charge >= 0.3 is 0 Å². The first-order chi connectivity index (χ1) is 8.22. The minimum atomic E-state index is 0.508. The first-order valence-electron chi connectivity index (χ1n) is 6.56. The molecule has 1 atom stereocenters. The summed E-state index contributed by atoms with van der Waals surface area (Å²) in [6.45, 7) is 10.6. The summed E-state index contributed by atoms with van der Waals surface area (Å²) in [5, 5.41) is 3.22. The molecule has 0 aromatic carbocycles. The lowest BCUT2D eigenvalue weighted by Gasteiger charge is -2.28. The maximum absolute atomic E-state index is 4.55. The zero-order valence-corrected chi connectivity index (χ0v) is 11.4. The number of aromatic nitrogens is 2. The fourth-order valence-electron chi connectivity index (χ4n) is 1.75. The van der Waals surface area contributed by atoms with Crippen LogP contribution in [0.25, 0.3) is 0 Å². The molecule has 1 heterocycles. The van der Waals surface area contributed by atoms with E-state index in [2.05, 4.69) is 47.9 Å². The average molecular weight is 236 g/mol. The van der Waals surface area contributed by atoms with E-state index in [1.54, 1.807) is 0 Å². The van der Waals surface area contributed by atoms with E-state index in [1.807, 2.05) is 12.3 Å². The number of rotatable bonds is 7. The molecule has 96 valence electrons. The summed E-state index contributed by atoms with van der Waals surface area (Å²) in [4.78, 5) is 11.1. The van der Waals surface area contributed by atoms with Crippen LogP contribution in [0.5, 0.6) is 0 Å². The van der Waals surface area contributed by atoms with Gasteiger partial charge in [0, 0.05) is 25.3 Å². The van der Waals surface area contributed by atoms with Crippen molar-refractivity contribution in [3.8, 4) is 0 Å². The van der Waals surface area contributed by atoms with Crippen molar-refractivity contribution in [2.45, 2.75) is 46.6 Å². The molecule has 0 radical (unpaired) electrons. The molecule has 0 aliphatic rings. The van der Waals surface area contributed by atoms with Crippen LogP contribution < -0.4 is 10.2 Å². The van der Waals surface area contributed by atoms with Crippen molar-refractivity contribution >= 4 is 11.8 Å². The zero-order valence-electron chi connectivity index (χ0n) is 11.4. The molecule has 0 aliphatic carbocycles. The molecule has 1 aromatic heterocycles. The molecule has 0 aliphatic heterocycles. The quantitative estimate of drug-likeness (QED) is 0.790. The van der Waals surface area contributed by atoms with Crippen LogP contribution in [-0.4, -0.2) is 29.1 Å². The highest BCUT2D eigenvalue weighted by Gasteiger charge is 2.12. The van der Waals surface area contributed by atoms with Crippen molar-refractivity contribution in [2.75, 3.05) is 23.3 Å². The van der Waals surface area contributed by atoms with Crippen LogP contribution >= 0.6 is 0 Å². The molecule has 1 unspecified atom stereocenters. The molecular weight excluding hydrogens is 212 g/mol. The Kier molecular flexibility index (Phi) is 5.73. The Hall–Kier alpha value is -1.32. The molecule has 1 aromatic rings. The normalized spacial score (nSPS) is 12.2. The Morgan fingerprint density at radius 2 is 2.12 bits per heavy atom. The molecule has 4 heteroatoms. The lowest BCUT2D eigenvalue weighted by atomic mass is 10.2. The van der Waals surface area contributed by atoms with Gasteiger partial charge in [-0.3, -0.25) is 0 Å². The second-order valence-corrected chi connectivity index (χ2v) is 4.21. The van der Waals surface area contributed by atoms with Crippen LogP contribution in [-0.2, 0) is 0 Å². The first kappa shape index (κ1) is 13.7. The minimum absolute atomic E-state index is 0.508. The van der Waals surface area contributed by atoms with Crippen LogP contribution in [0.15, 0.2) is 12.3 Å². The topological polar surface area (TPSA) is 41.1 Å². The monoisotopic (exact) mass is 236 g/mol. The highest BCUT2D eigenvalue weighted by molar-refractivity contribution is 5.43. The third-order valence-electron chi connectivity index (χ3n) is 2.93. The summed E-state index contributed by atoms with van der Waals surface area (Å²) >= 11 is 0. The van der Waals surface area contributed by atoms with Crippen LogP contribution in [0.4, 0.5) is 11.8 Å². The molecule has 0 fully saturated rings. The third kappa shape index (κ3) is 3.88. The van der Waals surface area contributed by atoms with E-state index in [-0.39, 0.29) is 0 Å². The number of nitrogens with one attached hydrogen (secondary N) is 1. The van der Waals surface area contributed by atoms with Crippen LogP contribution in [0.1, 0.15) is 40.5 Å². The molecule has 0 spiro atoms. The molecule has 0 amide bonds. The highest BCUT2D eigenvalue weighted by atomic mass is 15.2. The predicted octanol–water partition coefficient (Wildman–Crippen LogP) is 2.92. The summed E-state index contributed by atoms with van der Waals surface area (Å²) in [5.41, 5.74) is 0. The Balaban J connectivity index is 2.81. The van der Waals surface area contributed by atoms with Crippen molar-refractivity contribution in [1.29, 1.82) is 0 Å². The van der Waals surface area contributed by atoms with E-state index < -0.39 is 0 Å². The lowest BCUT2D eigenvalue weighted by molar-refractivity contribution is 0.622. The van der Waals surface area contributed by atoms with Crippen molar-refractivity contribution in [1.82, 2.24) is 9.97 Å². The molecule has 1 rings (SSSR count). The van der Waals surface area contributed by atoms with Gasteiger partial charge in [0.2, 0.25) is 5.95 Å². The van der Waals surface area contributed by atoms with Gasteiger partial charge in [0.15, 0.2) is 0 Å². The lowest BCUT2D eigenvalue weighted by Crippen LogP contribution is -2.33. The zero-order chi connectivity index (χ0) is 12.7. The second kappa shape index (κ2) is 7.09. The summed E-state index contributed by atoms with van der Waals surface area (Å²) in [6.07, 6.45) is 4.03. The van der Waals surface area contributed by atoms with Crippen LogP contribution in [0.2, 0.25) is 0 Å². The maximum Gasteiger partial charge on any atom is 0.224 e. The largest absolute Gasteiger partial charge is 0.354 e. The number of anilines is 2. The summed E-state index contributed by atoms with van der Waals surface area (Å²) in [5.74, 6) is 1.74. The van der Waals surface area contributed by atoms with Crippen molar-refractivity contribution in [2.24, 2.45) is 0 Å². The van der Waals surface area contributed by atoms with E-state index in [4.69, 9.17) is 0 Å². The smallest absolute Gasteiger partial charge is 0.224 e. The molecular formula is C13H24N4. The summed E-state index contributed by atoms with van der Waals surface area (Å²) in [7, 11) is 0. The summed E-state index contributed by atoms with van der Waals surface area (Å²) < 4.78 is 0. The Morgan fingerprint density at radius 1 is 1.35 bits per heavy atom. The Morgan fingerprint density at radius 3 is 2.71 bits per heavy atom. The van der Waals surface area contributed by atoms with E-state index in [0.717, 1.165) is 37.7 Å². The van der Waals surface area contributed by atoms with Gasteiger partial charge in [0.1, 0.15) is 5.82 Å². The fraction of sp³-hybridized carbons (Fsp3) is 0.692. The van der Waals surface area contributed by atoms with E-state index >= 15 is 0 Å². The Labute approximate surface area is 104 Å². The van der Waals surface area contributed by atoms with Gasteiger partial charge in [0.05, 0.1) is 0 Å². The van der Waals surface area contributed by atoms with Crippen molar-refractivity contribution in [3.05, 3.63) is 12.3 Å². The molecule has 1 N–H and O–H groups in total. The van der Waals surface area contributed by atoms with Crippen LogP contribution in [0.3, 0.4) is 0 Å². The van der Waals surface area contributed by atoms with Gasteiger partial charge in [-0.25, -0.2) is 4.98 Å². The standard InChI is InChI=1S/C13H24N4/c1-5-9-14-13-15-10-8-12(16-13)17(7-3)11(4)6-2/h8,10-11H,5-7,9H2,1-4H3,(H,14,15,16). The molecule has 4 nitrogen and oxygen atoms in total. The van der Waals surface area contributed by atoms with Crippen molar-refractivity contribution in [3.63, 3.8) is 0 Å². The highest BCUT2D eigenvalue weighted by Crippen LogP contribution is 2.16. The number of hydrogen-bond donors (Lipinski definition) is 1. The van der Waals surface area contributed by atoms with Crippen molar-refractivity contribution < 1.29 is 0 Å². The SMILES string of the molecule is CCCNc1nccc(N(CC)C(C)CC)n1. The molecule has 0 saturated heterocycles. The number of hydrogen-bond acceptors (Lipinski definition) is 4. The van der Waals surface area contributed by atoms with Gasteiger partial charge in [-0.1, -0.05) is 13.8 Å². The molecule has 17 heavy (non-hydrogen) atoms. The second-order valence-electron chi connectivity index (χ2n) is 4.21. The third-order valence-corrected chi connectivity index (χ3v) is 2.93.